The first-order valence-corrected chi connectivity index (χ1v) is 11.4. The maximum Gasteiger partial charge on any atom is 0.243 e. The number of rotatable bonds is 4. The van der Waals surface area contributed by atoms with Crippen molar-refractivity contribution in [3.05, 3.63) is 47.7 Å². The lowest BCUT2D eigenvalue weighted by atomic mass is 9.87. The van der Waals surface area contributed by atoms with Gasteiger partial charge >= 0.3 is 0 Å². The van der Waals surface area contributed by atoms with Crippen LogP contribution in [0.5, 0.6) is 0 Å². The Hall–Kier alpha value is -1.99. The molecule has 1 aromatic carbocycles. The van der Waals surface area contributed by atoms with Gasteiger partial charge in [0.15, 0.2) is 5.82 Å². The third kappa shape index (κ3) is 3.91. The number of nitrogens with zero attached hydrogens (tertiary/aromatic N) is 4. The molecular formula is C21H28N4O2S. The number of aromatic nitrogens is 2. The number of piperazine rings is 1. The summed E-state index contributed by atoms with van der Waals surface area (Å²) in [4.78, 5) is 2.47. The highest BCUT2D eigenvalue weighted by atomic mass is 32.2. The molecule has 2 aliphatic rings. The smallest absolute Gasteiger partial charge is 0.243 e. The standard InChI is InChI=1S/C21H28N4O2S/c1-21(2,3)17-6-8-18(9-7-17)28(26,27)25-14-12-24(13-15-25)20-11-10-19(22-23-20)16-4-5-16/h6-11,16H,4-5,12-15H2,1-3H3. The van der Waals surface area contributed by atoms with Gasteiger partial charge in [0.25, 0.3) is 0 Å². The second-order valence-electron chi connectivity index (χ2n) is 8.76. The average molecular weight is 401 g/mol. The van der Waals surface area contributed by atoms with Crippen molar-refractivity contribution in [3.8, 4) is 0 Å². The summed E-state index contributed by atoms with van der Waals surface area (Å²) in [6.45, 7) is 8.51. The summed E-state index contributed by atoms with van der Waals surface area (Å²) in [5, 5.41) is 8.69. The SMILES string of the molecule is CC(C)(C)c1ccc(S(=O)(=O)N2CCN(c3ccc(C4CC4)nn3)CC2)cc1. The van der Waals surface area contributed by atoms with E-state index in [2.05, 4.69) is 41.9 Å². The largest absolute Gasteiger partial charge is 0.352 e. The summed E-state index contributed by atoms with van der Waals surface area (Å²) in [6.07, 6.45) is 2.42. The Bertz CT molecular complexity index is 922. The molecule has 1 aliphatic carbocycles. The Kier molecular flexibility index (Phi) is 4.91. The summed E-state index contributed by atoms with van der Waals surface area (Å²) >= 11 is 0. The molecule has 0 unspecified atom stereocenters. The monoisotopic (exact) mass is 400 g/mol. The van der Waals surface area contributed by atoms with Gasteiger partial charge in [-0.3, -0.25) is 0 Å². The average Bonchev–Trinajstić information content (AvgIpc) is 3.53. The highest BCUT2D eigenvalue weighted by molar-refractivity contribution is 7.89. The van der Waals surface area contributed by atoms with Crippen LogP contribution in [0.25, 0.3) is 0 Å². The first-order chi connectivity index (χ1) is 13.2. The minimum Gasteiger partial charge on any atom is -0.352 e. The van der Waals surface area contributed by atoms with E-state index in [0.29, 0.717) is 37.0 Å². The number of sulfonamides is 1. The molecule has 2 fully saturated rings. The number of hydrogen-bond donors (Lipinski definition) is 0. The van der Waals surface area contributed by atoms with Gasteiger partial charge in [-0.05, 0) is 48.1 Å². The second-order valence-corrected chi connectivity index (χ2v) is 10.7. The molecule has 0 spiro atoms. The minimum atomic E-state index is -3.47. The van der Waals surface area contributed by atoms with Crippen LogP contribution < -0.4 is 4.90 Å². The van der Waals surface area contributed by atoms with Crippen molar-refractivity contribution < 1.29 is 8.42 Å². The summed E-state index contributed by atoms with van der Waals surface area (Å²) in [5.74, 6) is 1.42. The first-order valence-electron chi connectivity index (χ1n) is 9.94. The van der Waals surface area contributed by atoms with Gasteiger partial charge in [-0.15, -0.1) is 5.10 Å². The molecule has 6 nitrogen and oxygen atoms in total. The van der Waals surface area contributed by atoms with Gasteiger partial charge in [0.2, 0.25) is 10.0 Å². The summed E-state index contributed by atoms with van der Waals surface area (Å²) in [5.41, 5.74) is 2.21. The Morgan fingerprint density at radius 2 is 1.54 bits per heavy atom. The van der Waals surface area contributed by atoms with E-state index in [0.717, 1.165) is 17.1 Å². The molecule has 2 heterocycles. The maximum atomic E-state index is 13.0. The summed E-state index contributed by atoms with van der Waals surface area (Å²) < 4.78 is 27.6. The normalized spacial score (nSPS) is 19.0. The third-order valence-electron chi connectivity index (χ3n) is 5.59. The zero-order valence-electron chi connectivity index (χ0n) is 16.8. The van der Waals surface area contributed by atoms with Crippen molar-refractivity contribution in [1.29, 1.82) is 0 Å². The van der Waals surface area contributed by atoms with Gasteiger partial charge < -0.3 is 4.90 Å². The van der Waals surface area contributed by atoms with Crippen LogP contribution in [-0.2, 0) is 15.4 Å². The van der Waals surface area contributed by atoms with Crippen molar-refractivity contribution in [2.75, 3.05) is 31.1 Å². The predicted molar refractivity (Wildman–Crippen MR) is 110 cm³/mol. The molecule has 0 atom stereocenters. The van der Waals surface area contributed by atoms with Crippen molar-refractivity contribution in [1.82, 2.24) is 14.5 Å². The van der Waals surface area contributed by atoms with Crippen LogP contribution in [0.4, 0.5) is 5.82 Å². The van der Waals surface area contributed by atoms with Crippen LogP contribution in [0.15, 0.2) is 41.3 Å². The third-order valence-corrected chi connectivity index (χ3v) is 7.50. The molecule has 4 rings (SSSR count). The van der Waals surface area contributed by atoms with Crippen molar-refractivity contribution in [2.24, 2.45) is 0 Å². The van der Waals surface area contributed by atoms with Crippen molar-refractivity contribution >= 4 is 15.8 Å². The van der Waals surface area contributed by atoms with Gasteiger partial charge in [-0.1, -0.05) is 32.9 Å². The molecule has 1 saturated carbocycles. The van der Waals surface area contributed by atoms with Crippen LogP contribution in [0, 0.1) is 0 Å². The number of hydrogen-bond acceptors (Lipinski definition) is 5. The number of anilines is 1. The zero-order chi connectivity index (χ0) is 19.9. The predicted octanol–water partition coefficient (Wildman–Crippen LogP) is 3.16. The quantitative estimate of drug-likeness (QED) is 0.789. The van der Waals surface area contributed by atoms with Crippen LogP contribution in [0.3, 0.4) is 0 Å². The van der Waals surface area contributed by atoms with Gasteiger partial charge in [0.05, 0.1) is 10.6 Å². The molecule has 0 radical (unpaired) electrons. The molecule has 7 heteroatoms. The molecule has 1 saturated heterocycles. The molecule has 0 bridgehead atoms. The zero-order valence-corrected chi connectivity index (χ0v) is 17.6. The molecule has 2 aromatic rings. The highest BCUT2D eigenvalue weighted by Gasteiger charge is 2.30. The van der Waals surface area contributed by atoms with Crippen LogP contribution in [0.2, 0.25) is 0 Å². The molecular weight excluding hydrogens is 372 g/mol. The van der Waals surface area contributed by atoms with Gasteiger partial charge in [0, 0.05) is 32.1 Å². The second kappa shape index (κ2) is 7.12. The molecule has 1 aromatic heterocycles. The first kappa shape index (κ1) is 19.3. The van der Waals surface area contributed by atoms with Crippen LogP contribution >= 0.6 is 0 Å². The molecule has 1 aliphatic heterocycles. The van der Waals surface area contributed by atoms with E-state index < -0.39 is 10.0 Å². The van der Waals surface area contributed by atoms with Crippen molar-refractivity contribution in [3.63, 3.8) is 0 Å². The fraction of sp³-hybridized carbons (Fsp3) is 0.524. The van der Waals surface area contributed by atoms with E-state index in [9.17, 15) is 8.42 Å². The minimum absolute atomic E-state index is 0.00398. The van der Waals surface area contributed by atoms with Gasteiger partial charge in [0.1, 0.15) is 0 Å². The van der Waals surface area contributed by atoms with E-state index in [-0.39, 0.29) is 5.41 Å². The molecule has 0 N–H and O–H groups in total. The Morgan fingerprint density at radius 3 is 2.04 bits per heavy atom. The lowest BCUT2D eigenvalue weighted by Gasteiger charge is -2.34. The number of benzene rings is 1. The van der Waals surface area contributed by atoms with E-state index in [1.165, 1.54) is 12.8 Å². The van der Waals surface area contributed by atoms with E-state index in [1.807, 2.05) is 18.2 Å². The van der Waals surface area contributed by atoms with Crippen LogP contribution in [0.1, 0.15) is 50.8 Å². The lowest BCUT2D eigenvalue weighted by molar-refractivity contribution is 0.383. The fourth-order valence-corrected chi connectivity index (χ4v) is 4.96. The Balaban J connectivity index is 1.42. The fourth-order valence-electron chi connectivity index (χ4n) is 3.53. The van der Waals surface area contributed by atoms with E-state index in [4.69, 9.17) is 0 Å². The summed E-state index contributed by atoms with van der Waals surface area (Å²) in [7, 11) is -3.47. The maximum absolute atomic E-state index is 13.0. The van der Waals surface area contributed by atoms with Gasteiger partial charge in [-0.25, -0.2) is 8.42 Å². The van der Waals surface area contributed by atoms with Gasteiger partial charge in [-0.2, -0.15) is 9.40 Å². The molecule has 0 amide bonds. The topological polar surface area (TPSA) is 66.4 Å². The van der Waals surface area contributed by atoms with Crippen LogP contribution in [-0.4, -0.2) is 49.1 Å². The lowest BCUT2D eigenvalue weighted by Crippen LogP contribution is -2.49. The van der Waals surface area contributed by atoms with E-state index in [1.54, 1.807) is 16.4 Å². The summed E-state index contributed by atoms with van der Waals surface area (Å²) in [6, 6.07) is 11.4. The Labute approximate surface area is 167 Å². The molecule has 28 heavy (non-hydrogen) atoms. The van der Waals surface area contributed by atoms with Crippen molar-refractivity contribution in [2.45, 2.75) is 49.8 Å². The van der Waals surface area contributed by atoms with E-state index >= 15 is 0 Å². The molecule has 150 valence electrons. The Morgan fingerprint density at radius 1 is 0.893 bits per heavy atom. The highest BCUT2D eigenvalue weighted by Crippen LogP contribution is 2.38.